The van der Waals surface area contributed by atoms with Gasteiger partial charge in [0.25, 0.3) is 0 Å². The maximum atomic E-state index is 5.56. The van der Waals surface area contributed by atoms with Crippen molar-refractivity contribution in [3.05, 3.63) is 16.1 Å². The second-order valence-electron chi connectivity index (χ2n) is 4.03. The summed E-state index contributed by atoms with van der Waals surface area (Å²) >= 11 is 1.71. The van der Waals surface area contributed by atoms with Crippen LogP contribution in [-0.4, -0.2) is 11.0 Å². The molecule has 0 aromatic carbocycles. The number of aromatic nitrogens is 1. The van der Waals surface area contributed by atoms with Gasteiger partial charge in [-0.05, 0) is 25.7 Å². The number of rotatable bonds is 4. The van der Waals surface area contributed by atoms with Gasteiger partial charge < -0.3 is 0 Å². The molecule has 0 radical (unpaired) electrons. The lowest BCUT2D eigenvalue weighted by molar-refractivity contribution is 0.228. The Kier molecular flexibility index (Phi) is 3.15. The molecule has 4 heteroatoms. The molecule has 0 aliphatic heterocycles. The Morgan fingerprint density at radius 1 is 1.71 bits per heavy atom. The zero-order chi connectivity index (χ0) is 9.97. The number of nitrogens with two attached hydrogens (primary N) is 1. The number of hydrogen-bond acceptors (Lipinski definition) is 4. The average molecular weight is 211 g/mol. The number of hydrogen-bond donors (Lipinski definition) is 2. The predicted octanol–water partition coefficient (Wildman–Crippen LogP) is 1.63. The van der Waals surface area contributed by atoms with E-state index < -0.39 is 0 Å². The molecule has 1 heterocycles. The van der Waals surface area contributed by atoms with Gasteiger partial charge in [-0.3, -0.25) is 11.3 Å². The van der Waals surface area contributed by atoms with Crippen molar-refractivity contribution < 1.29 is 0 Å². The fraction of sp³-hybridized carbons (Fsp3) is 0.700. The lowest BCUT2D eigenvalue weighted by Crippen LogP contribution is -2.44. The van der Waals surface area contributed by atoms with Crippen LogP contribution in [0.15, 0.2) is 5.38 Å². The summed E-state index contributed by atoms with van der Waals surface area (Å²) in [7, 11) is 0. The van der Waals surface area contributed by atoms with Gasteiger partial charge in [-0.25, -0.2) is 4.98 Å². The molecule has 1 fully saturated rings. The standard InChI is InChI=1S/C10H17N3S/c1-7-12-9(6-14-7)5-10(13-11)8-3-2-4-8/h6,8,10,13H,2-5,11H2,1H3. The highest BCUT2D eigenvalue weighted by Crippen LogP contribution is 2.30. The minimum atomic E-state index is 0.422. The van der Waals surface area contributed by atoms with Gasteiger partial charge in [0, 0.05) is 17.8 Å². The second-order valence-corrected chi connectivity index (χ2v) is 5.09. The van der Waals surface area contributed by atoms with E-state index in [4.69, 9.17) is 5.84 Å². The predicted molar refractivity (Wildman–Crippen MR) is 59.0 cm³/mol. The first-order chi connectivity index (χ1) is 6.79. The van der Waals surface area contributed by atoms with Gasteiger partial charge in [0.2, 0.25) is 0 Å². The van der Waals surface area contributed by atoms with Crippen LogP contribution in [0, 0.1) is 12.8 Å². The maximum Gasteiger partial charge on any atom is 0.0897 e. The molecule has 3 nitrogen and oxygen atoms in total. The molecule has 0 spiro atoms. The third-order valence-corrected chi connectivity index (χ3v) is 3.85. The summed E-state index contributed by atoms with van der Waals surface area (Å²) in [5.41, 5.74) is 4.11. The summed E-state index contributed by atoms with van der Waals surface area (Å²) < 4.78 is 0. The molecule has 0 bridgehead atoms. The molecule has 1 unspecified atom stereocenters. The van der Waals surface area contributed by atoms with Crippen molar-refractivity contribution in [1.82, 2.24) is 10.4 Å². The molecule has 1 aliphatic rings. The monoisotopic (exact) mass is 211 g/mol. The number of aryl methyl sites for hydroxylation is 1. The zero-order valence-electron chi connectivity index (χ0n) is 8.49. The Balaban J connectivity index is 1.93. The van der Waals surface area contributed by atoms with Crippen molar-refractivity contribution in [3.8, 4) is 0 Å². The molecular weight excluding hydrogens is 194 g/mol. The van der Waals surface area contributed by atoms with Gasteiger partial charge in [0.1, 0.15) is 0 Å². The fourth-order valence-corrected chi connectivity index (χ4v) is 2.56. The SMILES string of the molecule is Cc1nc(CC(NN)C2CCC2)cs1. The normalized spacial score (nSPS) is 19.3. The van der Waals surface area contributed by atoms with Crippen LogP contribution < -0.4 is 11.3 Å². The van der Waals surface area contributed by atoms with Gasteiger partial charge in [0.15, 0.2) is 0 Å². The quantitative estimate of drug-likeness (QED) is 0.588. The largest absolute Gasteiger partial charge is 0.271 e. The van der Waals surface area contributed by atoms with Crippen LogP contribution in [0.25, 0.3) is 0 Å². The van der Waals surface area contributed by atoms with Crippen molar-refractivity contribution in [1.29, 1.82) is 0 Å². The molecule has 1 atom stereocenters. The van der Waals surface area contributed by atoms with E-state index in [2.05, 4.69) is 15.8 Å². The first kappa shape index (κ1) is 10.1. The highest BCUT2D eigenvalue weighted by molar-refractivity contribution is 7.09. The summed E-state index contributed by atoms with van der Waals surface area (Å²) in [4.78, 5) is 4.46. The van der Waals surface area contributed by atoms with Gasteiger partial charge in [-0.15, -0.1) is 11.3 Å². The first-order valence-electron chi connectivity index (χ1n) is 5.16. The molecule has 1 aliphatic carbocycles. The summed E-state index contributed by atoms with van der Waals surface area (Å²) in [5.74, 6) is 6.33. The summed E-state index contributed by atoms with van der Waals surface area (Å²) in [6.45, 7) is 2.04. The van der Waals surface area contributed by atoms with Crippen LogP contribution in [0.2, 0.25) is 0 Å². The molecule has 3 N–H and O–H groups in total. The zero-order valence-corrected chi connectivity index (χ0v) is 9.31. The molecule has 1 aromatic heterocycles. The van der Waals surface area contributed by atoms with E-state index in [-0.39, 0.29) is 0 Å². The molecule has 1 saturated carbocycles. The van der Waals surface area contributed by atoms with Gasteiger partial charge in [-0.2, -0.15) is 0 Å². The Morgan fingerprint density at radius 2 is 2.50 bits per heavy atom. The number of nitrogens with one attached hydrogen (secondary N) is 1. The summed E-state index contributed by atoms with van der Waals surface area (Å²) in [6, 6.07) is 0.422. The van der Waals surface area contributed by atoms with Crippen LogP contribution >= 0.6 is 11.3 Å². The van der Waals surface area contributed by atoms with E-state index in [1.165, 1.54) is 25.0 Å². The lowest BCUT2D eigenvalue weighted by atomic mass is 9.78. The van der Waals surface area contributed by atoms with Crippen molar-refractivity contribution in [2.75, 3.05) is 0 Å². The Hall–Kier alpha value is -0.450. The molecule has 0 amide bonds. The van der Waals surface area contributed by atoms with Gasteiger partial charge >= 0.3 is 0 Å². The summed E-state index contributed by atoms with van der Waals surface area (Å²) in [5, 5.41) is 3.28. The van der Waals surface area contributed by atoms with E-state index >= 15 is 0 Å². The lowest BCUT2D eigenvalue weighted by Gasteiger charge is -2.32. The minimum absolute atomic E-state index is 0.422. The minimum Gasteiger partial charge on any atom is -0.271 e. The highest BCUT2D eigenvalue weighted by atomic mass is 32.1. The highest BCUT2D eigenvalue weighted by Gasteiger charge is 2.26. The number of hydrazine groups is 1. The maximum absolute atomic E-state index is 5.56. The van der Waals surface area contributed by atoms with E-state index in [1.807, 2.05) is 6.92 Å². The molecule has 78 valence electrons. The van der Waals surface area contributed by atoms with E-state index in [9.17, 15) is 0 Å². The van der Waals surface area contributed by atoms with Crippen molar-refractivity contribution in [2.45, 2.75) is 38.6 Å². The molecule has 0 saturated heterocycles. The van der Waals surface area contributed by atoms with Crippen molar-refractivity contribution in [3.63, 3.8) is 0 Å². The third-order valence-electron chi connectivity index (χ3n) is 3.03. The average Bonchev–Trinajstić information content (AvgIpc) is 2.47. The van der Waals surface area contributed by atoms with Crippen LogP contribution in [0.1, 0.15) is 30.0 Å². The smallest absolute Gasteiger partial charge is 0.0897 e. The molecule has 14 heavy (non-hydrogen) atoms. The number of nitrogens with zero attached hydrogens (tertiary/aromatic N) is 1. The van der Waals surface area contributed by atoms with Crippen molar-refractivity contribution in [2.24, 2.45) is 11.8 Å². The third kappa shape index (κ3) is 2.13. The fourth-order valence-electron chi connectivity index (χ4n) is 1.93. The Morgan fingerprint density at radius 3 is 2.93 bits per heavy atom. The van der Waals surface area contributed by atoms with Crippen molar-refractivity contribution >= 4 is 11.3 Å². The number of thiazole rings is 1. The van der Waals surface area contributed by atoms with Crippen LogP contribution in [0.3, 0.4) is 0 Å². The topological polar surface area (TPSA) is 50.9 Å². The Bertz CT molecular complexity index is 293. The molecule has 2 rings (SSSR count). The summed E-state index contributed by atoms with van der Waals surface area (Å²) in [6.07, 6.45) is 4.97. The van der Waals surface area contributed by atoms with Gasteiger partial charge in [0.05, 0.1) is 10.7 Å². The first-order valence-corrected chi connectivity index (χ1v) is 6.04. The van der Waals surface area contributed by atoms with E-state index in [0.717, 1.165) is 17.3 Å². The second kappa shape index (κ2) is 4.38. The van der Waals surface area contributed by atoms with Crippen LogP contribution in [0.5, 0.6) is 0 Å². The molecular formula is C10H17N3S. The van der Waals surface area contributed by atoms with Crippen LogP contribution in [-0.2, 0) is 6.42 Å². The van der Waals surface area contributed by atoms with Crippen LogP contribution in [0.4, 0.5) is 0 Å². The van der Waals surface area contributed by atoms with Gasteiger partial charge in [-0.1, -0.05) is 6.42 Å². The Labute approximate surface area is 88.7 Å². The van der Waals surface area contributed by atoms with E-state index in [1.54, 1.807) is 11.3 Å². The van der Waals surface area contributed by atoms with E-state index in [0.29, 0.717) is 6.04 Å². The molecule has 1 aromatic rings.